The molecule has 0 bridgehead atoms. The zero-order chi connectivity index (χ0) is 21.7. The Morgan fingerprint density at radius 2 is 1.67 bits per heavy atom. The van der Waals surface area contributed by atoms with Gasteiger partial charge in [-0.2, -0.15) is 0 Å². The van der Waals surface area contributed by atoms with E-state index in [2.05, 4.69) is 10.0 Å². The van der Waals surface area contributed by atoms with E-state index in [0.717, 1.165) is 12.1 Å². The Labute approximate surface area is 173 Å². The molecule has 3 aromatic rings. The predicted molar refractivity (Wildman–Crippen MR) is 112 cm³/mol. The fourth-order valence-corrected chi connectivity index (χ4v) is 3.93. The lowest BCUT2D eigenvalue weighted by Crippen LogP contribution is -2.15. The number of hydrogen-bond acceptors (Lipinski definition) is 3. The molecule has 0 saturated heterocycles. The van der Waals surface area contributed by atoms with E-state index in [1.165, 1.54) is 24.3 Å². The lowest BCUT2D eigenvalue weighted by Gasteiger charge is -2.13. The molecule has 0 aliphatic heterocycles. The summed E-state index contributed by atoms with van der Waals surface area (Å²) in [5, 5.41) is 2.69. The van der Waals surface area contributed by atoms with Crippen LogP contribution in [0.1, 0.15) is 17.5 Å². The maximum Gasteiger partial charge on any atom is 0.261 e. The second-order valence-electron chi connectivity index (χ2n) is 6.74. The molecule has 0 aromatic heterocycles. The summed E-state index contributed by atoms with van der Waals surface area (Å²) in [7, 11) is -3.76. The lowest BCUT2D eigenvalue weighted by atomic mass is 10.1. The minimum absolute atomic E-state index is 0.0595. The highest BCUT2D eigenvalue weighted by atomic mass is 32.2. The number of amides is 1. The first kappa shape index (κ1) is 21.4. The van der Waals surface area contributed by atoms with Crippen molar-refractivity contribution >= 4 is 27.3 Å². The standard InChI is InChI=1S/C22H20F2N2O3S/c1-15-7-10-17(14-21(15)26-30(28,29)18-5-3-2-4-6-18)25-22(27)12-9-16-8-11-19(23)20(24)13-16/h2-8,10-11,13-14,26H,9,12H2,1H3,(H,25,27). The first-order chi connectivity index (χ1) is 14.2. The Morgan fingerprint density at radius 1 is 0.933 bits per heavy atom. The Bertz CT molecular complexity index is 1170. The molecule has 2 N–H and O–H groups in total. The van der Waals surface area contributed by atoms with Gasteiger partial charge in [-0.05, 0) is 60.9 Å². The highest BCUT2D eigenvalue weighted by Crippen LogP contribution is 2.24. The summed E-state index contributed by atoms with van der Waals surface area (Å²) in [6.07, 6.45) is 0.298. The van der Waals surface area contributed by atoms with Gasteiger partial charge in [0.2, 0.25) is 5.91 Å². The average molecular weight is 430 g/mol. The van der Waals surface area contributed by atoms with E-state index in [-0.39, 0.29) is 23.6 Å². The van der Waals surface area contributed by atoms with E-state index in [4.69, 9.17) is 0 Å². The first-order valence-corrected chi connectivity index (χ1v) is 10.7. The Kier molecular flexibility index (Phi) is 6.47. The van der Waals surface area contributed by atoms with Crippen LogP contribution in [0.25, 0.3) is 0 Å². The Morgan fingerprint density at radius 3 is 2.37 bits per heavy atom. The minimum atomic E-state index is -3.76. The van der Waals surface area contributed by atoms with Crippen LogP contribution in [0.4, 0.5) is 20.2 Å². The van der Waals surface area contributed by atoms with Crippen molar-refractivity contribution in [3.63, 3.8) is 0 Å². The van der Waals surface area contributed by atoms with E-state index in [1.54, 1.807) is 37.3 Å². The fraction of sp³-hybridized carbons (Fsp3) is 0.136. The maximum absolute atomic E-state index is 13.3. The molecule has 3 aromatic carbocycles. The van der Waals surface area contributed by atoms with Crippen molar-refractivity contribution in [2.24, 2.45) is 0 Å². The normalized spacial score (nSPS) is 11.2. The number of rotatable bonds is 7. The van der Waals surface area contributed by atoms with Crippen molar-refractivity contribution in [3.05, 3.63) is 89.5 Å². The number of carbonyl (C=O) groups is 1. The van der Waals surface area contributed by atoms with Crippen LogP contribution >= 0.6 is 0 Å². The SMILES string of the molecule is Cc1ccc(NC(=O)CCc2ccc(F)c(F)c2)cc1NS(=O)(=O)c1ccccc1. The number of hydrogen-bond donors (Lipinski definition) is 2. The molecular weight excluding hydrogens is 410 g/mol. The highest BCUT2D eigenvalue weighted by Gasteiger charge is 2.15. The number of nitrogens with one attached hydrogen (secondary N) is 2. The van der Waals surface area contributed by atoms with Crippen LogP contribution in [0.3, 0.4) is 0 Å². The van der Waals surface area contributed by atoms with Crippen molar-refractivity contribution in [3.8, 4) is 0 Å². The summed E-state index contributed by atoms with van der Waals surface area (Å²) in [4.78, 5) is 12.4. The van der Waals surface area contributed by atoms with E-state index < -0.39 is 21.7 Å². The van der Waals surface area contributed by atoms with Crippen LogP contribution in [0.5, 0.6) is 0 Å². The Balaban J connectivity index is 1.67. The number of carbonyl (C=O) groups excluding carboxylic acids is 1. The number of anilines is 2. The zero-order valence-corrected chi connectivity index (χ0v) is 17.0. The van der Waals surface area contributed by atoms with Crippen molar-refractivity contribution < 1.29 is 22.0 Å². The summed E-state index contributed by atoms with van der Waals surface area (Å²) in [6.45, 7) is 1.75. The third kappa shape index (κ3) is 5.42. The van der Waals surface area contributed by atoms with Gasteiger partial charge in [0.05, 0.1) is 10.6 Å². The second kappa shape index (κ2) is 9.04. The molecule has 30 heavy (non-hydrogen) atoms. The van der Waals surface area contributed by atoms with Gasteiger partial charge in [0, 0.05) is 12.1 Å². The molecule has 1 amide bonds. The molecule has 0 aliphatic carbocycles. The van der Waals surface area contributed by atoms with Crippen molar-refractivity contribution in [2.75, 3.05) is 10.0 Å². The van der Waals surface area contributed by atoms with E-state index in [9.17, 15) is 22.0 Å². The maximum atomic E-state index is 13.3. The molecule has 0 atom stereocenters. The quantitative estimate of drug-likeness (QED) is 0.573. The average Bonchev–Trinajstić information content (AvgIpc) is 2.72. The molecule has 0 unspecified atom stereocenters. The molecule has 8 heteroatoms. The van der Waals surface area contributed by atoms with Crippen LogP contribution in [-0.2, 0) is 21.2 Å². The predicted octanol–water partition coefficient (Wildman–Crippen LogP) is 4.65. The molecule has 0 saturated carbocycles. The van der Waals surface area contributed by atoms with Crippen LogP contribution in [0.15, 0.2) is 71.6 Å². The van der Waals surface area contributed by atoms with Gasteiger partial charge in [0.15, 0.2) is 11.6 Å². The molecule has 0 heterocycles. The van der Waals surface area contributed by atoms with Crippen LogP contribution in [0, 0.1) is 18.6 Å². The minimum Gasteiger partial charge on any atom is -0.326 e. The van der Waals surface area contributed by atoms with Crippen molar-refractivity contribution in [1.29, 1.82) is 0 Å². The molecule has 156 valence electrons. The molecule has 0 spiro atoms. The molecular formula is C22H20F2N2O3S. The van der Waals surface area contributed by atoms with Gasteiger partial charge >= 0.3 is 0 Å². The van der Waals surface area contributed by atoms with Gasteiger partial charge in [0.25, 0.3) is 10.0 Å². The first-order valence-electron chi connectivity index (χ1n) is 9.17. The van der Waals surface area contributed by atoms with E-state index >= 15 is 0 Å². The van der Waals surface area contributed by atoms with E-state index in [0.29, 0.717) is 22.5 Å². The Hall–Kier alpha value is -3.26. The van der Waals surface area contributed by atoms with Crippen LogP contribution in [0.2, 0.25) is 0 Å². The largest absolute Gasteiger partial charge is 0.326 e. The second-order valence-corrected chi connectivity index (χ2v) is 8.43. The van der Waals surface area contributed by atoms with E-state index in [1.807, 2.05) is 0 Å². The van der Waals surface area contributed by atoms with Gasteiger partial charge in [-0.25, -0.2) is 17.2 Å². The number of aryl methyl sites for hydroxylation is 2. The topological polar surface area (TPSA) is 75.3 Å². The molecule has 0 fully saturated rings. The summed E-state index contributed by atoms with van der Waals surface area (Å²) >= 11 is 0. The summed E-state index contributed by atoms with van der Waals surface area (Å²) in [5.74, 6) is -2.23. The summed E-state index contributed by atoms with van der Waals surface area (Å²) < 4.78 is 53.9. The fourth-order valence-electron chi connectivity index (χ4n) is 2.79. The molecule has 3 rings (SSSR count). The van der Waals surface area contributed by atoms with Crippen molar-refractivity contribution in [1.82, 2.24) is 0 Å². The zero-order valence-electron chi connectivity index (χ0n) is 16.2. The third-order valence-electron chi connectivity index (χ3n) is 4.44. The molecule has 0 radical (unpaired) electrons. The van der Waals surface area contributed by atoms with Gasteiger partial charge in [-0.3, -0.25) is 9.52 Å². The van der Waals surface area contributed by atoms with Gasteiger partial charge in [0.1, 0.15) is 0 Å². The summed E-state index contributed by atoms with van der Waals surface area (Å²) in [6, 6.07) is 16.3. The van der Waals surface area contributed by atoms with Gasteiger partial charge in [-0.1, -0.05) is 30.3 Å². The monoisotopic (exact) mass is 430 g/mol. The van der Waals surface area contributed by atoms with Gasteiger partial charge < -0.3 is 5.32 Å². The smallest absolute Gasteiger partial charge is 0.261 e. The summed E-state index contributed by atoms with van der Waals surface area (Å²) in [5.41, 5.74) is 1.96. The lowest BCUT2D eigenvalue weighted by molar-refractivity contribution is -0.116. The van der Waals surface area contributed by atoms with Crippen LogP contribution in [-0.4, -0.2) is 14.3 Å². The van der Waals surface area contributed by atoms with Gasteiger partial charge in [-0.15, -0.1) is 0 Å². The number of benzene rings is 3. The highest BCUT2D eigenvalue weighted by molar-refractivity contribution is 7.92. The molecule has 5 nitrogen and oxygen atoms in total. The number of halogens is 2. The third-order valence-corrected chi connectivity index (χ3v) is 5.83. The number of sulfonamides is 1. The molecule has 0 aliphatic rings. The van der Waals surface area contributed by atoms with Crippen LogP contribution < -0.4 is 10.0 Å². The van der Waals surface area contributed by atoms with Crippen molar-refractivity contribution in [2.45, 2.75) is 24.7 Å².